The predicted octanol–water partition coefficient (Wildman–Crippen LogP) is 3.93. The molecule has 1 aliphatic heterocycles. The number of nitrogens with one attached hydrogen (secondary N) is 1. The van der Waals surface area contributed by atoms with Crippen LogP contribution in [-0.4, -0.2) is 28.3 Å². The number of thioether (sulfide) groups is 1. The van der Waals surface area contributed by atoms with Crippen molar-refractivity contribution in [3.8, 4) is 17.0 Å². The van der Waals surface area contributed by atoms with E-state index in [1.54, 1.807) is 9.58 Å². The quantitative estimate of drug-likeness (QED) is 0.335. The summed E-state index contributed by atoms with van der Waals surface area (Å²) < 4.78 is 7.38. The number of para-hydroxylation sites is 1. The van der Waals surface area contributed by atoms with Gasteiger partial charge in [-0.1, -0.05) is 43.3 Å². The number of rotatable bonds is 7. The smallest absolute Gasteiger partial charge is 0.325 e. The number of hydrogen-bond acceptors (Lipinski definition) is 5. The van der Waals surface area contributed by atoms with E-state index >= 15 is 0 Å². The zero-order valence-electron chi connectivity index (χ0n) is 18.5. The first-order chi connectivity index (χ1) is 15.5. The Hall–Kier alpha value is -3.13. The van der Waals surface area contributed by atoms with Crippen LogP contribution in [0.3, 0.4) is 0 Å². The van der Waals surface area contributed by atoms with Crippen LogP contribution in [0.15, 0.2) is 58.5 Å². The van der Waals surface area contributed by atoms with Gasteiger partial charge < -0.3 is 4.74 Å². The highest BCUT2D eigenvalue weighted by Crippen LogP contribution is 2.37. The van der Waals surface area contributed by atoms with Crippen LogP contribution in [0.25, 0.3) is 11.3 Å². The SMILES string of the molecule is CCCCSc1n[n+]2c(c(=O)[nH]1)-c1ccccc1N(C(C)=O)C2c1cccc(OCC)c1. The zero-order chi connectivity index (χ0) is 22.7. The lowest BCUT2D eigenvalue weighted by atomic mass is 10.0. The average Bonchev–Trinajstić information content (AvgIpc) is 2.78. The first-order valence-corrected chi connectivity index (χ1v) is 11.8. The van der Waals surface area contributed by atoms with Gasteiger partial charge in [0.2, 0.25) is 11.1 Å². The molecule has 0 radical (unpaired) electrons. The molecule has 1 unspecified atom stereocenters. The molecule has 1 N–H and O–H groups in total. The van der Waals surface area contributed by atoms with Crippen LogP contribution in [0.2, 0.25) is 0 Å². The van der Waals surface area contributed by atoms with Crippen molar-refractivity contribution in [1.29, 1.82) is 0 Å². The highest BCUT2D eigenvalue weighted by Gasteiger charge is 2.44. The minimum absolute atomic E-state index is 0.135. The lowest BCUT2D eigenvalue weighted by molar-refractivity contribution is -0.763. The molecule has 8 heteroatoms. The van der Waals surface area contributed by atoms with Crippen molar-refractivity contribution in [2.45, 2.75) is 44.9 Å². The summed E-state index contributed by atoms with van der Waals surface area (Å²) in [4.78, 5) is 30.8. The van der Waals surface area contributed by atoms with Gasteiger partial charge in [-0.15, -0.1) is 0 Å². The van der Waals surface area contributed by atoms with Gasteiger partial charge in [0, 0.05) is 23.3 Å². The van der Waals surface area contributed by atoms with E-state index in [1.165, 1.54) is 18.7 Å². The largest absolute Gasteiger partial charge is 0.494 e. The van der Waals surface area contributed by atoms with Gasteiger partial charge >= 0.3 is 11.3 Å². The third-order valence-electron chi connectivity index (χ3n) is 5.30. The van der Waals surface area contributed by atoms with E-state index in [0.29, 0.717) is 34.5 Å². The number of anilines is 1. The van der Waals surface area contributed by atoms with E-state index in [-0.39, 0.29) is 11.5 Å². The first-order valence-electron chi connectivity index (χ1n) is 10.9. The van der Waals surface area contributed by atoms with Crippen LogP contribution in [0, 0.1) is 0 Å². The molecule has 1 amide bonds. The van der Waals surface area contributed by atoms with Gasteiger partial charge in [-0.2, -0.15) is 0 Å². The molecule has 0 saturated heterocycles. The van der Waals surface area contributed by atoms with Gasteiger partial charge in [-0.3, -0.25) is 14.6 Å². The number of carbonyl (C=O) groups excluding carboxylic acids is 1. The third kappa shape index (κ3) is 4.14. The topological polar surface area (TPSA) is 79.2 Å². The predicted molar refractivity (Wildman–Crippen MR) is 125 cm³/mol. The first kappa shape index (κ1) is 22.1. The van der Waals surface area contributed by atoms with Crippen molar-refractivity contribution >= 4 is 23.4 Å². The van der Waals surface area contributed by atoms with Crippen molar-refractivity contribution in [3.63, 3.8) is 0 Å². The molecule has 1 aliphatic rings. The molecule has 0 spiro atoms. The summed E-state index contributed by atoms with van der Waals surface area (Å²) in [5, 5.41) is 5.34. The Morgan fingerprint density at radius 3 is 2.78 bits per heavy atom. The molecule has 0 fully saturated rings. The van der Waals surface area contributed by atoms with Crippen molar-refractivity contribution < 1.29 is 14.2 Å². The number of benzene rings is 2. The minimum atomic E-state index is -0.606. The second-order valence-corrected chi connectivity index (χ2v) is 8.62. The van der Waals surface area contributed by atoms with Crippen molar-refractivity contribution in [3.05, 3.63) is 64.4 Å². The van der Waals surface area contributed by atoms with Crippen LogP contribution in [0.4, 0.5) is 5.69 Å². The van der Waals surface area contributed by atoms with Gasteiger partial charge in [0.05, 0.1) is 17.9 Å². The number of fused-ring (bicyclic) bond motifs is 3. The molecule has 166 valence electrons. The van der Waals surface area contributed by atoms with E-state index in [4.69, 9.17) is 9.84 Å². The maximum absolute atomic E-state index is 13.2. The highest BCUT2D eigenvalue weighted by atomic mass is 32.2. The number of ether oxygens (including phenoxy) is 1. The molecule has 0 saturated carbocycles. The van der Waals surface area contributed by atoms with Crippen LogP contribution >= 0.6 is 11.8 Å². The van der Waals surface area contributed by atoms with Gasteiger partial charge in [0.25, 0.3) is 6.17 Å². The number of aromatic amines is 1. The van der Waals surface area contributed by atoms with Crippen molar-refractivity contribution in [1.82, 2.24) is 10.1 Å². The number of unbranched alkanes of at least 4 members (excludes halogenated alkanes) is 1. The van der Waals surface area contributed by atoms with Gasteiger partial charge in [0.1, 0.15) is 5.75 Å². The summed E-state index contributed by atoms with van der Waals surface area (Å²) in [5.41, 5.74) is 2.39. The number of carbonyl (C=O) groups is 1. The van der Waals surface area contributed by atoms with Crippen LogP contribution < -0.4 is 19.9 Å². The summed E-state index contributed by atoms with van der Waals surface area (Å²) in [5.74, 6) is 1.43. The molecule has 7 nitrogen and oxygen atoms in total. The Morgan fingerprint density at radius 1 is 1.22 bits per heavy atom. The molecule has 32 heavy (non-hydrogen) atoms. The summed E-state index contributed by atoms with van der Waals surface area (Å²) in [7, 11) is 0. The van der Waals surface area contributed by atoms with Crippen LogP contribution in [-0.2, 0) is 4.79 Å². The van der Waals surface area contributed by atoms with E-state index in [9.17, 15) is 9.59 Å². The Balaban J connectivity index is 1.95. The monoisotopic (exact) mass is 451 g/mol. The molecule has 1 aromatic heterocycles. The van der Waals surface area contributed by atoms with Crippen LogP contribution in [0.1, 0.15) is 45.3 Å². The second-order valence-electron chi connectivity index (χ2n) is 7.54. The number of hydrogen-bond donors (Lipinski definition) is 1. The summed E-state index contributed by atoms with van der Waals surface area (Å²) >= 11 is 1.52. The maximum Gasteiger partial charge on any atom is 0.325 e. The van der Waals surface area contributed by atoms with Crippen molar-refractivity contribution in [2.75, 3.05) is 17.3 Å². The van der Waals surface area contributed by atoms with Gasteiger partial charge in [-0.05, 0) is 48.4 Å². The Kier molecular flexibility index (Phi) is 6.60. The van der Waals surface area contributed by atoms with Gasteiger partial charge in [-0.25, -0.2) is 4.90 Å². The summed E-state index contributed by atoms with van der Waals surface area (Å²) in [6, 6.07) is 15.1. The number of aromatic nitrogens is 3. The van der Waals surface area contributed by atoms with Gasteiger partial charge in [0.15, 0.2) is 0 Å². The highest BCUT2D eigenvalue weighted by molar-refractivity contribution is 7.99. The normalized spacial score (nSPS) is 14.6. The minimum Gasteiger partial charge on any atom is -0.494 e. The molecule has 1 atom stereocenters. The number of amides is 1. The summed E-state index contributed by atoms with van der Waals surface area (Å²) in [6.07, 6.45) is 1.48. The Bertz CT molecular complexity index is 1190. The summed E-state index contributed by atoms with van der Waals surface area (Å²) in [6.45, 7) is 6.12. The maximum atomic E-state index is 13.2. The molecule has 2 heterocycles. The lowest BCUT2D eigenvalue weighted by Gasteiger charge is -2.31. The number of nitrogens with zero attached hydrogens (tertiary/aromatic N) is 3. The van der Waals surface area contributed by atoms with E-state index < -0.39 is 6.17 Å². The lowest BCUT2D eigenvalue weighted by Crippen LogP contribution is -2.60. The standard InChI is InChI=1S/C24H26N4O3S/c1-4-6-14-32-24-25-22(30)21-19-12-7-8-13-20(19)27(16(3)29)23(28(21)26-24)17-10-9-11-18(15-17)31-5-2/h7-13,15,23H,4-6,14H2,1-3H3/p+1. The third-order valence-corrected chi connectivity index (χ3v) is 6.25. The van der Waals surface area contributed by atoms with E-state index in [0.717, 1.165) is 24.2 Å². The molecule has 0 aliphatic carbocycles. The fourth-order valence-electron chi connectivity index (χ4n) is 3.92. The molecule has 0 bridgehead atoms. The number of H-pyrrole nitrogens is 1. The Morgan fingerprint density at radius 2 is 2.03 bits per heavy atom. The second kappa shape index (κ2) is 9.56. The van der Waals surface area contributed by atoms with E-state index in [2.05, 4.69) is 11.9 Å². The fourth-order valence-corrected chi connectivity index (χ4v) is 4.86. The fraction of sp³-hybridized carbons (Fsp3) is 0.333. The molecule has 4 rings (SSSR count). The molecular weight excluding hydrogens is 424 g/mol. The van der Waals surface area contributed by atoms with E-state index in [1.807, 2.05) is 55.5 Å². The van der Waals surface area contributed by atoms with Crippen LogP contribution in [0.5, 0.6) is 5.75 Å². The van der Waals surface area contributed by atoms with Crippen molar-refractivity contribution in [2.24, 2.45) is 0 Å². The molecular formula is C24H27N4O3S+. The Labute approximate surface area is 191 Å². The zero-order valence-corrected chi connectivity index (χ0v) is 19.3. The molecule has 3 aromatic rings. The average molecular weight is 452 g/mol. The molecule has 2 aromatic carbocycles.